The Bertz CT molecular complexity index is 3230. The van der Waals surface area contributed by atoms with Crippen LogP contribution in [0.3, 0.4) is 0 Å². The number of phenols is 1. The van der Waals surface area contributed by atoms with E-state index in [2.05, 4.69) is 174 Å². The minimum atomic E-state index is -0.296. The van der Waals surface area contributed by atoms with Gasteiger partial charge >= 0.3 is 0 Å². The van der Waals surface area contributed by atoms with E-state index in [1.165, 1.54) is 5.39 Å². The molecule has 0 saturated carbocycles. The van der Waals surface area contributed by atoms with Crippen molar-refractivity contribution in [1.29, 1.82) is 0 Å². The minimum absolute atomic E-state index is 0.154. The molecule has 7 aromatic carbocycles. The van der Waals surface area contributed by atoms with Crippen LogP contribution in [0.2, 0.25) is 0 Å². The average molecular weight is 768 g/mol. The maximum atomic E-state index is 12.2. The Kier molecular flexibility index (Phi) is 8.36. The van der Waals surface area contributed by atoms with Crippen LogP contribution < -0.4 is 0 Å². The molecule has 0 saturated heterocycles. The average Bonchev–Trinajstić information content (AvgIpc) is 3.82. The van der Waals surface area contributed by atoms with E-state index in [9.17, 15) is 5.11 Å². The fourth-order valence-electron chi connectivity index (χ4n) is 8.50. The molecular formula is C54H45N3O2. The predicted octanol–water partition coefficient (Wildman–Crippen LogP) is 14.4. The third kappa shape index (κ3) is 6.25. The van der Waals surface area contributed by atoms with E-state index in [4.69, 9.17) is 14.4 Å². The number of pyridine rings is 1. The number of para-hydroxylation sites is 2. The molecule has 59 heavy (non-hydrogen) atoms. The molecule has 0 unspecified atom stereocenters. The summed E-state index contributed by atoms with van der Waals surface area (Å²) >= 11 is 0. The zero-order valence-electron chi connectivity index (χ0n) is 34.2. The molecule has 0 radical (unpaired) electrons. The van der Waals surface area contributed by atoms with Gasteiger partial charge in [0, 0.05) is 33.2 Å². The van der Waals surface area contributed by atoms with Crippen LogP contribution in [0.5, 0.6) is 5.75 Å². The summed E-state index contributed by atoms with van der Waals surface area (Å²) in [6, 6.07) is 53.0. The van der Waals surface area contributed by atoms with Crippen LogP contribution in [-0.4, -0.2) is 19.6 Å². The summed E-state index contributed by atoms with van der Waals surface area (Å²) in [5.41, 5.74) is 12.7. The van der Waals surface area contributed by atoms with Crippen molar-refractivity contribution in [3.05, 3.63) is 169 Å². The van der Waals surface area contributed by atoms with Crippen molar-refractivity contribution in [2.75, 3.05) is 0 Å². The number of hydrogen-bond donors (Lipinski definition) is 1. The number of hydrogen-bond acceptors (Lipinski definition) is 4. The zero-order valence-corrected chi connectivity index (χ0v) is 34.2. The molecule has 0 atom stereocenters. The summed E-state index contributed by atoms with van der Waals surface area (Å²) in [6.45, 7) is 13.1. The van der Waals surface area contributed by atoms with Crippen LogP contribution in [0, 0.1) is 0 Å². The van der Waals surface area contributed by atoms with E-state index < -0.39 is 0 Å². The quantitative estimate of drug-likeness (QED) is 0.189. The van der Waals surface area contributed by atoms with Crippen LogP contribution in [0.4, 0.5) is 0 Å². The maximum absolute atomic E-state index is 12.2. The molecule has 288 valence electrons. The third-order valence-corrected chi connectivity index (χ3v) is 11.6. The lowest BCUT2D eigenvalue weighted by Crippen LogP contribution is -2.17. The SMILES string of the molecule is CC(C)(C)c1cc(-c2nc3c(-c4cc(-c5ccccc5)cc(-c5cc6c(cn5)oc5ccc7ccccc7c56)c4)cccc3n2-c2ccccc2)c(O)c(C(C)(C)C)c1. The minimum Gasteiger partial charge on any atom is -0.507 e. The van der Waals surface area contributed by atoms with Crippen molar-refractivity contribution >= 4 is 43.7 Å². The second-order valence-electron chi connectivity index (χ2n) is 17.7. The summed E-state index contributed by atoms with van der Waals surface area (Å²) in [4.78, 5) is 10.5. The predicted molar refractivity (Wildman–Crippen MR) is 244 cm³/mol. The maximum Gasteiger partial charge on any atom is 0.153 e. The Hall–Kier alpha value is -6.98. The molecule has 0 spiro atoms. The molecule has 0 fully saturated rings. The van der Waals surface area contributed by atoms with Crippen molar-refractivity contribution in [3.8, 4) is 56.3 Å². The number of fused-ring (bicyclic) bond motifs is 6. The highest BCUT2D eigenvalue weighted by atomic mass is 16.3. The number of aromatic nitrogens is 3. The topological polar surface area (TPSA) is 64.1 Å². The van der Waals surface area contributed by atoms with Crippen LogP contribution >= 0.6 is 0 Å². The Balaban J connectivity index is 1.24. The van der Waals surface area contributed by atoms with Crippen LogP contribution in [-0.2, 0) is 10.8 Å². The first-order valence-corrected chi connectivity index (χ1v) is 20.3. The van der Waals surface area contributed by atoms with Gasteiger partial charge in [0.25, 0.3) is 0 Å². The summed E-state index contributed by atoms with van der Waals surface area (Å²) in [7, 11) is 0. The van der Waals surface area contributed by atoms with Gasteiger partial charge in [-0.1, -0.05) is 139 Å². The van der Waals surface area contributed by atoms with Crippen molar-refractivity contribution in [1.82, 2.24) is 14.5 Å². The number of nitrogens with zero attached hydrogens (tertiary/aromatic N) is 3. The highest BCUT2D eigenvalue weighted by molar-refractivity contribution is 6.19. The smallest absolute Gasteiger partial charge is 0.153 e. The van der Waals surface area contributed by atoms with E-state index in [1.54, 1.807) is 0 Å². The standard InChI is InChI=1S/C54H45N3O2/c1-53(2,3)38-29-43(51(58)44(30-38)54(4,5)6)52-56-50-41(22-15-23-46(50)57(52)39-19-11-8-12-20-39)36-26-35(33-16-9-7-10-17-33)27-37(28-36)45-31-42-48(32-55-45)59-47-25-24-34-18-13-14-21-40(34)49(42)47/h7-32,58H,1-6H3. The van der Waals surface area contributed by atoms with E-state index in [0.717, 1.165) is 88.7 Å². The lowest BCUT2D eigenvalue weighted by molar-refractivity contribution is 0.446. The number of furan rings is 1. The van der Waals surface area contributed by atoms with Crippen LogP contribution in [0.1, 0.15) is 52.7 Å². The molecule has 10 rings (SSSR count). The summed E-state index contributed by atoms with van der Waals surface area (Å²) in [5, 5.41) is 16.7. The van der Waals surface area contributed by atoms with Crippen molar-refractivity contribution < 1.29 is 9.52 Å². The Morgan fingerprint density at radius 3 is 2.03 bits per heavy atom. The van der Waals surface area contributed by atoms with Gasteiger partial charge < -0.3 is 9.52 Å². The molecule has 5 heteroatoms. The fraction of sp³-hybridized carbons (Fsp3) is 0.148. The van der Waals surface area contributed by atoms with Gasteiger partial charge in [-0.25, -0.2) is 4.98 Å². The number of imidazole rings is 1. The van der Waals surface area contributed by atoms with Gasteiger partial charge in [-0.2, -0.15) is 0 Å². The first-order valence-electron chi connectivity index (χ1n) is 20.3. The fourth-order valence-corrected chi connectivity index (χ4v) is 8.50. The highest BCUT2D eigenvalue weighted by Gasteiger charge is 2.28. The molecule has 1 N–H and O–H groups in total. The third-order valence-electron chi connectivity index (χ3n) is 11.6. The molecule has 0 aliphatic carbocycles. The number of aromatic hydroxyl groups is 1. The van der Waals surface area contributed by atoms with Gasteiger partial charge in [0.1, 0.15) is 17.2 Å². The molecule has 3 heterocycles. The van der Waals surface area contributed by atoms with Crippen molar-refractivity contribution in [2.24, 2.45) is 0 Å². The Labute approximate surface area is 344 Å². The summed E-state index contributed by atoms with van der Waals surface area (Å²) < 4.78 is 8.53. The number of benzene rings is 7. The van der Waals surface area contributed by atoms with Gasteiger partial charge in [0.2, 0.25) is 0 Å². The largest absolute Gasteiger partial charge is 0.507 e. The lowest BCUT2D eigenvalue weighted by atomic mass is 9.79. The van der Waals surface area contributed by atoms with Gasteiger partial charge in [-0.05, 0) is 98.5 Å². The van der Waals surface area contributed by atoms with Crippen molar-refractivity contribution in [3.63, 3.8) is 0 Å². The normalized spacial score (nSPS) is 12.3. The first-order chi connectivity index (χ1) is 28.4. The van der Waals surface area contributed by atoms with Crippen LogP contribution in [0.25, 0.3) is 94.3 Å². The van der Waals surface area contributed by atoms with Gasteiger partial charge in [-0.3, -0.25) is 9.55 Å². The van der Waals surface area contributed by atoms with E-state index in [1.807, 2.05) is 30.5 Å². The second kappa shape index (κ2) is 13.6. The molecular weight excluding hydrogens is 723 g/mol. The van der Waals surface area contributed by atoms with E-state index in [-0.39, 0.29) is 16.6 Å². The van der Waals surface area contributed by atoms with Gasteiger partial charge in [0.15, 0.2) is 5.58 Å². The van der Waals surface area contributed by atoms with Gasteiger partial charge in [-0.15, -0.1) is 0 Å². The zero-order chi connectivity index (χ0) is 40.6. The van der Waals surface area contributed by atoms with E-state index >= 15 is 0 Å². The summed E-state index contributed by atoms with van der Waals surface area (Å²) in [5.74, 6) is 0.951. The van der Waals surface area contributed by atoms with E-state index in [0.29, 0.717) is 11.4 Å². The van der Waals surface area contributed by atoms with Crippen molar-refractivity contribution in [2.45, 2.75) is 52.4 Å². The van der Waals surface area contributed by atoms with Crippen LogP contribution in [0.15, 0.2) is 162 Å². The molecule has 0 aliphatic heterocycles. The molecule has 0 aliphatic rings. The lowest BCUT2D eigenvalue weighted by Gasteiger charge is -2.27. The number of phenolic OH excluding ortho intramolecular Hbond substituents is 1. The second-order valence-corrected chi connectivity index (χ2v) is 17.7. The Morgan fingerprint density at radius 2 is 1.27 bits per heavy atom. The number of rotatable bonds is 5. The monoisotopic (exact) mass is 767 g/mol. The molecule has 10 aromatic rings. The molecule has 0 amide bonds. The highest BCUT2D eigenvalue weighted by Crippen LogP contribution is 2.45. The molecule has 3 aromatic heterocycles. The van der Waals surface area contributed by atoms with Gasteiger partial charge in [0.05, 0.1) is 28.5 Å². The summed E-state index contributed by atoms with van der Waals surface area (Å²) in [6.07, 6.45) is 1.85. The Morgan fingerprint density at radius 1 is 0.559 bits per heavy atom. The first kappa shape index (κ1) is 36.4. The molecule has 5 nitrogen and oxygen atoms in total. The molecule has 0 bridgehead atoms.